The highest BCUT2D eigenvalue weighted by Gasteiger charge is 2.06. The third-order valence-electron chi connectivity index (χ3n) is 1.63. The summed E-state index contributed by atoms with van der Waals surface area (Å²) in [4.78, 5) is 8.05. The molecular formula is C9H11Cl2N3O. The van der Waals surface area contributed by atoms with Gasteiger partial charge in [-0.3, -0.25) is 4.99 Å². The molecule has 6 heteroatoms. The maximum absolute atomic E-state index is 5.90. The lowest BCUT2D eigenvalue weighted by atomic mass is 10.3. The Morgan fingerprint density at radius 2 is 2.33 bits per heavy atom. The van der Waals surface area contributed by atoms with E-state index >= 15 is 0 Å². The van der Waals surface area contributed by atoms with Gasteiger partial charge in [-0.05, 0) is 6.07 Å². The Bertz CT molecular complexity index is 368. The molecule has 0 spiro atoms. The zero-order chi connectivity index (χ0) is 11.3. The van der Waals surface area contributed by atoms with Gasteiger partial charge in [0.1, 0.15) is 11.5 Å². The number of pyridine rings is 1. The van der Waals surface area contributed by atoms with Crippen molar-refractivity contribution >= 4 is 29.0 Å². The molecule has 82 valence electrons. The second-order valence-corrected chi connectivity index (χ2v) is 3.59. The van der Waals surface area contributed by atoms with Crippen LogP contribution in [0, 0.1) is 0 Å². The van der Waals surface area contributed by atoms with Crippen LogP contribution < -0.4 is 5.73 Å². The molecule has 0 fully saturated rings. The van der Waals surface area contributed by atoms with Crippen LogP contribution in [0.4, 0.5) is 0 Å². The van der Waals surface area contributed by atoms with E-state index in [-0.39, 0.29) is 5.84 Å². The molecule has 0 aliphatic rings. The molecule has 1 heterocycles. The fourth-order valence-corrected chi connectivity index (χ4v) is 1.41. The molecule has 0 atom stereocenters. The van der Waals surface area contributed by atoms with Crippen LogP contribution in [0.3, 0.4) is 0 Å². The van der Waals surface area contributed by atoms with Gasteiger partial charge in [0.05, 0.1) is 23.2 Å². The number of hydrogen-bond acceptors (Lipinski definition) is 3. The number of aromatic nitrogens is 1. The largest absolute Gasteiger partial charge is 0.383 e. The third kappa shape index (κ3) is 3.66. The zero-order valence-electron chi connectivity index (χ0n) is 8.20. The van der Waals surface area contributed by atoms with Crippen molar-refractivity contribution in [3.8, 4) is 0 Å². The van der Waals surface area contributed by atoms with Gasteiger partial charge >= 0.3 is 0 Å². The van der Waals surface area contributed by atoms with Crippen LogP contribution in [0.25, 0.3) is 0 Å². The molecule has 0 saturated carbocycles. The van der Waals surface area contributed by atoms with Crippen molar-refractivity contribution in [3.05, 3.63) is 28.0 Å². The van der Waals surface area contributed by atoms with Crippen LogP contribution in [-0.4, -0.2) is 31.1 Å². The van der Waals surface area contributed by atoms with E-state index in [1.54, 1.807) is 13.2 Å². The van der Waals surface area contributed by atoms with Crippen molar-refractivity contribution in [1.29, 1.82) is 0 Å². The number of halogens is 2. The lowest BCUT2D eigenvalue weighted by molar-refractivity contribution is 0.208. The minimum Gasteiger partial charge on any atom is -0.383 e. The van der Waals surface area contributed by atoms with E-state index in [1.807, 2.05) is 0 Å². The first-order chi connectivity index (χ1) is 7.15. The minimum absolute atomic E-state index is 0.286. The Balaban J connectivity index is 2.81. The standard InChI is InChI=1S/C9H11Cl2N3O/c1-15-3-2-13-9(12)8-7(11)4-6(10)5-14-8/h4-5H,2-3H2,1H3,(H2,12,13). The number of methoxy groups -OCH3 is 1. The summed E-state index contributed by atoms with van der Waals surface area (Å²) in [5.41, 5.74) is 6.13. The van der Waals surface area contributed by atoms with Gasteiger partial charge < -0.3 is 10.5 Å². The molecular weight excluding hydrogens is 237 g/mol. The normalized spacial score (nSPS) is 11.8. The average Bonchev–Trinajstić information content (AvgIpc) is 2.17. The van der Waals surface area contributed by atoms with Crippen molar-refractivity contribution in [2.45, 2.75) is 0 Å². The van der Waals surface area contributed by atoms with Crippen molar-refractivity contribution in [1.82, 2.24) is 4.98 Å². The molecule has 15 heavy (non-hydrogen) atoms. The quantitative estimate of drug-likeness (QED) is 0.501. The fourth-order valence-electron chi connectivity index (χ4n) is 0.935. The van der Waals surface area contributed by atoms with Gasteiger partial charge in [0.2, 0.25) is 0 Å². The first-order valence-electron chi connectivity index (χ1n) is 4.25. The predicted molar refractivity (Wildman–Crippen MR) is 61.7 cm³/mol. The topological polar surface area (TPSA) is 60.5 Å². The summed E-state index contributed by atoms with van der Waals surface area (Å²) in [5, 5.41) is 0.856. The van der Waals surface area contributed by atoms with Crippen molar-refractivity contribution in [2.24, 2.45) is 10.7 Å². The zero-order valence-corrected chi connectivity index (χ0v) is 9.72. The lowest BCUT2D eigenvalue weighted by Gasteiger charge is -2.02. The van der Waals surface area contributed by atoms with E-state index in [1.165, 1.54) is 6.20 Å². The average molecular weight is 248 g/mol. The van der Waals surface area contributed by atoms with E-state index in [2.05, 4.69) is 9.98 Å². The Labute approximate surface area is 98.1 Å². The summed E-state index contributed by atoms with van der Waals surface area (Å²) in [6.07, 6.45) is 1.47. The predicted octanol–water partition coefficient (Wildman–Crippen LogP) is 1.74. The van der Waals surface area contributed by atoms with Crippen LogP contribution in [-0.2, 0) is 4.74 Å². The fraction of sp³-hybridized carbons (Fsp3) is 0.333. The van der Waals surface area contributed by atoms with Gasteiger partial charge in [0, 0.05) is 13.3 Å². The van der Waals surface area contributed by atoms with Crippen molar-refractivity contribution < 1.29 is 4.74 Å². The number of rotatable bonds is 4. The molecule has 1 aromatic heterocycles. The SMILES string of the molecule is COCCN=C(N)c1ncc(Cl)cc1Cl. The van der Waals surface area contributed by atoms with E-state index in [9.17, 15) is 0 Å². The minimum atomic E-state index is 0.286. The number of ether oxygens (including phenoxy) is 1. The number of nitrogens with two attached hydrogens (primary N) is 1. The van der Waals surface area contributed by atoms with Gasteiger partial charge in [0.25, 0.3) is 0 Å². The molecule has 0 bridgehead atoms. The second kappa shape index (κ2) is 5.90. The van der Waals surface area contributed by atoms with Crippen molar-refractivity contribution in [3.63, 3.8) is 0 Å². The van der Waals surface area contributed by atoms with Crippen LogP contribution in [0.5, 0.6) is 0 Å². The second-order valence-electron chi connectivity index (χ2n) is 2.74. The Kier molecular flexibility index (Phi) is 4.81. The number of aliphatic imine (C=N–C) groups is 1. The molecule has 0 saturated heterocycles. The molecule has 0 radical (unpaired) electrons. The highest BCUT2D eigenvalue weighted by molar-refractivity contribution is 6.36. The summed E-state index contributed by atoms with van der Waals surface area (Å²) in [5.74, 6) is 0.286. The Morgan fingerprint density at radius 1 is 1.60 bits per heavy atom. The van der Waals surface area contributed by atoms with Gasteiger partial charge in [-0.25, -0.2) is 4.98 Å². The Hall–Kier alpha value is -0.840. The molecule has 0 aromatic carbocycles. The molecule has 0 aliphatic carbocycles. The van der Waals surface area contributed by atoms with Crippen molar-refractivity contribution in [2.75, 3.05) is 20.3 Å². The number of amidine groups is 1. The molecule has 0 amide bonds. The molecule has 0 aliphatic heterocycles. The van der Waals surface area contributed by atoms with Gasteiger partial charge in [-0.1, -0.05) is 23.2 Å². The lowest BCUT2D eigenvalue weighted by Crippen LogP contribution is -2.17. The van der Waals surface area contributed by atoms with E-state index in [0.717, 1.165) is 0 Å². The highest BCUT2D eigenvalue weighted by Crippen LogP contribution is 2.17. The maximum atomic E-state index is 5.90. The first kappa shape index (κ1) is 12.2. The highest BCUT2D eigenvalue weighted by atomic mass is 35.5. The van der Waals surface area contributed by atoms with Crippen LogP contribution in [0.1, 0.15) is 5.69 Å². The van der Waals surface area contributed by atoms with Gasteiger partial charge in [-0.15, -0.1) is 0 Å². The molecule has 0 unspecified atom stereocenters. The summed E-state index contributed by atoms with van der Waals surface area (Å²) < 4.78 is 4.84. The van der Waals surface area contributed by atoms with Gasteiger partial charge in [-0.2, -0.15) is 0 Å². The number of hydrogen-bond donors (Lipinski definition) is 1. The molecule has 2 N–H and O–H groups in total. The van der Waals surface area contributed by atoms with E-state index in [0.29, 0.717) is 28.9 Å². The monoisotopic (exact) mass is 247 g/mol. The van der Waals surface area contributed by atoms with Crippen LogP contribution >= 0.6 is 23.2 Å². The summed E-state index contributed by atoms with van der Waals surface area (Å²) in [6.45, 7) is 0.981. The third-order valence-corrected chi connectivity index (χ3v) is 2.12. The van der Waals surface area contributed by atoms with Crippen LogP contribution in [0.15, 0.2) is 17.3 Å². The van der Waals surface area contributed by atoms with Crippen LogP contribution in [0.2, 0.25) is 10.0 Å². The Morgan fingerprint density at radius 3 is 2.93 bits per heavy atom. The molecule has 1 aromatic rings. The summed E-state index contributed by atoms with van der Waals surface area (Å²) in [7, 11) is 1.60. The van der Waals surface area contributed by atoms with Gasteiger partial charge in [0.15, 0.2) is 0 Å². The molecule has 1 rings (SSSR count). The summed E-state index contributed by atoms with van der Waals surface area (Å²) in [6, 6.07) is 1.57. The maximum Gasteiger partial charge on any atom is 0.146 e. The van der Waals surface area contributed by atoms with E-state index in [4.69, 9.17) is 33.7 Å². The molecule has 4 nitrogen and oxygen atoms in total. The smallest absolute Gasteiger partial charge is 0.146 e. The van der Waals surface area contributed by atoms with E-state index < -0.39 is 0 Å². The summed E-state index contributed by atoms with van der Waals surface area (Å²) >= 11 is 11.6. The first-order valence-corrected chi connectivity index (χ1v) is 5.01. The number of nitrogens with zero attached hydrogens (tertiary/aromatic N) is 2.